The van der Waals surface area contributed by atoms with E-state index in [2.05, 4.69) is 17.1 Å². The van der Waals surface area contributed by atoms with Crippen LogP contribution in [-0.4, -0.2) is 42.5 Å². The molecule has 0 aromatic rings. The predicted molar refractivity (Wildman–Crippen MR) is 66.2 cm³/mol. The molecule has 0 aliphatic carbocycles. The van der Waals surface area contributed by atoms with Gasteiger partial charge in [-0.15, -0.1) is 0 Å². The van der Waals surface area contributed by atoms with Crippen LogP contribution in [0.5, 0.6) is 0 Å². The van der Waals surface area contributed by atoms with Gasteiger partial charge in [0, 0.05) is 12.6 Å². The third kappa shape index (κ3) is 4.10. The Balaban J connectivity index is 2.23. The van der Waals surface area contributed by atoms with Gasteiger partial charge in [-0.3, -0.25) is 9.69 Å². The van der Waals surface area contributed by atoms with Crippen molar-refractivity contribution in [2.75, 3.05) is 19.6 Å². The maximum absolute atomic E-state index is 11.5. The average molecular weight is 227 g/mol. The van der Waals surface area contributed by atoms with Crippen LogP contribution in [0.2, 0.25) is 0 Å². The summed E-state index contributed by atoms with van der Waals surface area (Å²) in [5.74, 6) is -0.0219. The number of nitrogens with zero attached hydrogens (tertiary/aromatic N) is 1. The number of rotatable bonds is 5. The van der Waals surface area contributed by atoms with Gasteiger partial charge in [0.05, 0.1) is 6.04 Å². The summed E-state index contributed by atoms with van der Waals surface area (Å²) in [7, 11) is 0. The summed E-state index contributed by atoms with van der Waals surface area (Å²) in [5.41, 5.74) is 5.66. The van der Waals surface area contributed by atoms with Crippen molar-refractivity contribution in [3.8, 4) is 0 Å². The molecular formula is C12H25N3O. The Labute approximate surface area is 98.6 Å². The van der Waals surface area contributed by atoms with E-state index < -0.39 is 0 Å². The van der Waals surface area contributed by atoms with Crippen molar-refractivity contribution in [3.05, 3.63) is 0 Å². The van der Waals surface area contributed by atoms with Gasteiger partial charge in [-0.25, -0.2) is 0 Å². The first-order valence-electron chi connectivity index (χ1n) is 6.42. The molecule has 1 aliphatic rings. The van der Waals surface area contributed by atoms with E-state index in [1.54, 1.807) is 0 Å². The minimum atomic E-state index is -0.353. The average Bonchev–Trinajstić information content (AvgIpc) is 2.35. The number of likely N-dealkylation sites (tertiary alicyclic amines) is 1. The Morgan fingerprint density at radius 2 is 2.00 bits per heavy atom. The third-order valence-corrected chi connectivity index (χ3v) is 3.36. The first-order valence-corrected chi connectivity index (χ1v) is 6.42. The van der Waals surface area contributed by atoms with Crippen molar-refractivity contribution in [1.82, 2.24) is 10.2 Å². The summed E-state index contributed by atoms with van der Waals surface area (Å²) in [4.78, 5) is 14.0. The highest BCUT2D eigenvalue weighted by Gasteiger charge is 2.18. The maximum Gasteiger partial charge on any atom is 0.236 e. The number of piperidine rings is 1. The fraction of sp³-hybridized carbons (Fsp3) is 0.917. The standard InChI is InChI=1S/C12H25N3O/c1-3-11(13)12(16)14-9-10(2)15-7-5-4-6-8-15/h10-11H,3-9,13H2,1-2H3,(H,14,16)/t10?,11-/m1/s1. The zero-order valence-electron chi connectivity index (χ0n) is 10.5. The van der Waals surface area contributed by atoms with Crippen LogP contribution in [0, 0.1) is 0 Å². The molecule has 0 aromatic heterocycles. The molecule has 2 atom stereocenters. The molecule has 1 amide bonds. The van der Waals surface area contributed by atoms with E-state index >= 15 is 0 Å². The van der Waals surface area contributed by atoms with Crippen LogP contribution in [0.15, 0.2) is 0 Å². The largest absolute Gasteiger partial charge is 0.353 e. The van der Waals surface area contributed by atoms with E-state index in [1.807, 2.05) is 6.92 Å². The number of nitrogens with one attached hydrogen (secondary N) is 1. The summed E-state index contributed by atoms with van der Waals surface area (Å²) in [6, 6.07) is 0.0712. The summed E-state index contributed by atoms with van der Waals surface area (Å²) in [6.45, 7) is 7.14. The molecule has 1 fully saturated rings. The van der Waals surface area contributed by atoms with Crippen molar-refractivity contribution in [1.29, 1.82) is 0 Å². The van der Waals surface area contributed by atoms with Crippen LogP contribution < -0.4 is 11.1 Å². The highest BCUT2D eigenvalue weighted by atomic mass is 16.2. The van der Waals surface area contributed by atoms with Crippen molar-refractivity contribution in [3.63, 3.8) is 0 Å². The zero-order valence-corrected chi connectivity index (χ0v) is 10.5. The van der Waals surface area contributed by atoms with E-state index in [0.717, 1.165) is 13.1 Å². The molecule has 1 rings (SSSR count). The van der Waals surface area contributed by atoms with E-state index in [9.17, 15) is 4.79 Å². The molecule has 1 heterocycles. The number of amides is 1. The molecule has 94 valence electrons. The zero-order chi connectivity index (χ0) is 12.0. The van der Waals surface area contributed by atoms with Crippen LogP contribution in [0.4, 0.5) is 0 Å². The van der Waals surface area contributed by atoms with Crippen molar-refractivity contribution in [2.45, 2.75) is 51.6 Å². The lowest BCUT2D eigenvalue weighted by Crippen LogP contribution is -2.48. The molecule has 3 N–H and O–H groups in total. The van der Waals surface area contributed by atoms with Gasteiger partial charge >= 0.3 is 0 Å². The molecule has 16 heavy (non-hydrogen) atoms. The molecule has 0 aromatic carbocycles. The molecule has 1 unspecified atom stereocenters. The highest BCUT2D eigenvalue weighted by Crippen LogP contribution is 2.11. The molecule has 0 saturated carbocycles. The Hall–Kier alpha value is -0.610. The minimum absolute atomic E-state index is 0.0219. The Morgan fingerprint density at radius 1 is 1.38 bits per heavy atom. The predicted octanol–water partition coefficient (Wildman–Crippen LogP) is 0.714. The molecule has 4 heteroatoms. The van der Waals surface area contributed by atoms with Gasteiger partial charge in [0.15, 0.2) is 0 Å². The monoisotopic (exact) mass is 227 g/mol. The fourth-order valence-corrected chi connectivity index (χ4v) is 2.05. The molecule has 4 nitrogen and oxygen atoms in total. The quantitative estimate of drug-likeness (QED) is 0.727. The molecule has 1 aliphatic heterocycles. The van der Waals surface area contributed by atoms with Crippen LogP contribution in [0.25, 0.3) is 0 Å². The number of nitrogens with two attached hydrogens (primary N) is 1. The lowest BCUT2D eigenvalue weighted by molar-refractivity contribution is -0.122. The second-order valence-electron chi connectivity index (χ2n) is 4.71. The fourth-order valence-electron chi connectivity index (χ4n) is 2.05. The van der Waals surface area contributed by atoms with Gasteiger partial charge in [0.25, 0.3) is 0 Å². The number of carbonyl (C=O) groups excluding carboxylic acids is 1. The van der Waals surface area contributed by atoms with Crippen LogP contribution in [0.3, 0.4) is 0 Å². The summed E-state index contributed by atoms with van der Waals surface area (Å²) >= 11 is 0. The number of hydrogen-bond acceptors (Lipinski definition) is 3. The van der Waals surface area contributed by atoms with Gasteiger partial charge in [-0.1, -0.05) is 13.3 Å². The lowest BCUT2D eigenvalue weighted by Gasteiger charge is -2.32. The Kier molecular flexibility index (Phi) is 5.77. The van der Waals surface area contributed by atoms with Crippen LogP contribution in [-0.2, 0) is 4.79 Å². The summed E-state index contributed by atoms with van der Waals surface area (Å²) in [5, 5.41) is 2.92. The first-order chi connectivity index (χ1) is 7.65. The van der Waals surface area contributed by atoms with E-state index in [4.69, 9.17) is 5.73 Å². The molecule has 0 radical (unpaired) electrons. The van der Waals surface area contributed by atoms with Crippen LogP contribution in [0.1, 0.15) is 39.5 Å². The Morgan fingerprint density at radius 3 is 2.56 bits per heavy atom. The smallest absolute Gasteiger partial charge is 0.236 e. The van der Waals surface area contributed by atoms with Gasteiger partial charge in [-0.2, -0.15) is 0 Å². The van der Waals surface area contributed by atoms with E-state index in [1.165, 1.54) is 19.3 Å². The summed E-state index contributed by atoms with van der Waals surface area (Å²) in [6.07, 6.45) is 4.61. The van der Waals surface area contributed by atoms with Crippen LogP contribution >= 0.6 is 0 Å². The number of carbonyl (C=O) groups is 1. The molecular weight excluding hydrogens is 202 g/mol. The topological polar surface area (TPSA) is 58.4 Å². The summed E-state index contributed by atoms with van der Waals surface area (Å²) < 4.78 is 0. The normalized spacial score (nSPS) is 21.4. The Bertz CT molecular complexity index is 214. The third-order valence-electron chi connectivity index (χ3n) is 3.36. The van der Waals surface area contributed by atoms with Gasteiger partial charge in [0.2, 0.25) is 5.91 Å². The van der Waals surface area contributed by atoms with Gasteiger partial charge < -0.3 is 11.1 Å². The molecule has 1 saturated heterocycles. The highest BCUT2D eigenvalue weighted by molar-refractivity contribution is 5.81. The van der Waals surface area contributed by atoms with Crippen molar-refractivity contribution < 1.29 is 4.79 Å². The lowest BCUT2D eigenvalue weighted by atomic mass is 10.1. The molecule has 0 bridgehead atoms. The SMILES string of the molecule is CC[C@@H](N)C(=O)NCC(C)N1CCCCC1. The molecule has 0 spiro atoms. The second kappa shape index (κ2) is 6.86. The van der Waals surface area contributed by atoms with Crippen molar-refractivity contribution >= 4 is 5.91 Å². The maximum atomic E-state index is 11.5. The van der Waals surface area contributed by atoms with E-state index in [0.29, 0.717) is 19.0 Å². The van der Waals surface area contributed by atoms with Crippen molar-refractivity contribution in [2.24, 2.45) is 5.73 Å². The second-order valence-corrected chi connectivity index (χ2v) is 4.71. The first kappa shape index (κ1) is 13.5. The van der Waals surface area contributed by atoms with E-state index in [-0.39, 0.29) is 11.9 Å². The minimum Gasteiger partial charge on any atom is -0.353 e. The van der Waals surface area contributed by atoms with Gasteiger partial charge in [-0.05, 0) is 39.3 Å². The van der Waals surface area contributed by atoms with Gasteiger partial charge in [0.1, 0.15) is 0 Å². The number of hydrogen-bond donors (Lipinski definition) is 2.